The molecule has 4 nitrogen and oxygen atoms in total. The molecule has 5 heteroatoms. The monoisotopic (exact) mass is 357 g/mol. The van der Waals surface area contributed by atoms with Crippen molar-refractivity contribution in [1.82, 2.24) is 4.72 Å². The summed E-state index contributed by atoms with van der Waals surface area (Å²) in [4.78, 5) is 0.283. The van der Waals surface area contributed by atoms with Crippen molar-refractivity contribution in [2.45, 2.75) is 37.5 Å². The number of nitrogens with one attached hydrogen (secondary N) is 1. The molecular weight excluding hydrogens is 334 g/mol. The number of hydrogen-bond acceptors (Lipinski definition) is 3. The molecule has 0 bridgehead atoms. The minimum absolute atomic E-state index is 0.00296. The number of furan rings is 1. The second-order valence-electron chi connectivity index (χ2n) is 7.17. The highest BCUT2D eigenvalue weighted by Gasteiger charge is 2.17. The summed E-state index contributed by atoms with van der Waals surface area (Å²) in [6.07, 6.45) is 0.508. The lowest BCUT2D eigenvalue weighted by molar-refractivity contribution is 0.540. The van der Waals surface area contributed by atoms with Gasteiger partial charge in [-0.05, 0) is 35.2 Å². The van der Waals surface area contributed by atoms with Crippen molar-refractivity contribution >= 4 is 21.0 Å². The summed E-state index contributed by atoms with van der Waals surface area (Å²) in [5.41, 5.74) is 1.92. The van der Waals surface area contributed by atoms with E-state index in [9.17, 15) is 8.42 Å². The second kappa shape index (κ2) is 6.65. The molecule has 0 amide bonds. The number of fused-ring (bicyclic) bond motifs is 1. The highest BCUT2D eigenvalue weighted by Crippen LogP contribution is 2.23. The van der Waals surface area contributed by atoms with Crippen molar-refractivity contribution in [3.63, 3.8) is 0 Å². The summed E-state index contributed by atoms with van der Waals surface area (Å²) >= 11 is 0. The molecule has 1 N–H and O–H groups in total. The van der Waals surface area contributed by atoms with E-state index in [0.717, 1.165) is 22.3 Å². The molecule has 2 aromatic carbocycles. The van der Waals surface area contributed by atoms with E-state index in [-0.39, 0.29) is 10.3 Å². The topological polar surface area (TPSA) is 59.3 Å². The van der Waals surface area contributed by atoms with E-state index in [1.807, 2.05) is 42.5 Å². The maximum atomic E-state index is 12.4. The van der Waals surface area contributed by atoms with Gasteiger partial charge in [-0.1, -0.05) is 51.1 Å². The molecule has 0 aliphatic carbocycles. The van der Waals surface area contributed by atoms with E-state index >= 15 is 0 Å². The van der Waals surface area contributed by atoms with Gasteiger partial charge in [-0.2, -0.15) is 0 Å². The molecule has 1 heterocycles. The minimum Gasteiger partial charge on any atom is -0.461 e. The van der Waals surface area contributed by atoms with Crippen molar-refractivity contribution in [1.29, 1.82) is 0 Å². The van der Waals surface area contributed by atoms with Gasteiger partial charge in [-0.15, -0.1) is 0 Å². The average Bonchev–Trinajstić information content (AvgIpc) is 2.96. The highest BCUT2D eigenvalue weighted by atomic mass is 32.2. The van der Waals surface area contributed by atoms with Crippen molar-refractivity contribution in [3.8, 4) is 0 Å². The van der Waals surface area contributed by atoms with Crippen LogP contribution in [0.2, 0.25) is 0 Å². The van der Waals surface area contributed by atoms with Crippen LogP contribution in [0.1, 0.15) is 32.1 Å². The number of hydrogen-bond donors (Lipinski definition) is 1. The fourth-order valence-corrected chi connectivity index (χ4v) is 3.72. The molecule has 0 saturated carbocycles. The van der Waals surface area contributed by atoms with Gasteiger partial charge in [-0.3, -0.25) is 0 Å². The van der Waals surface area contributed by atoms with Crippen molar-refractivity contribution in [2.75, 3.05) is 6.54 Å². The molecule has 0 fully saturated rings. The van der Waals surface area contributed by atoms with Gasteiger partial charge in [0.05, 0.1) is 4.90 Å². The quantitative estimate of drug-likeness (QED) is 0.742. The summed E-state index contributed by atoms with van der Waals surface area (Å²) in [6.45, 7) is 6.59. The lowest BCUT2D eigenvalue weighted by Gasteiger charge is -2.19. The normalized spacial score (nSPS) is 12.6. The second-order valence-corrected chi connectivity index (χ2v) is 8.94. The van der Waals surface area contributed by atoms with Crippen molar-refractivity contribution < 1.29 is 12.8 Å². The third-order valence-electron chi connectivity index (χ3n) is 4.17. The number of para-hydroxylation sites is 1. The molecule has 0 radical (unpaired) electrons. The Hall–Kier alpha value is -2.11. The molecule has 0 saturated heterocycles. The van der Waals surface area contributed by atoms with Crippen LogP contribution in [0.5, 0.6) is 0 Å². The molecule has 3 rings (SSSR count). The minimum atomic E-state index is -3.51. The summed E-state index contributed by atoms with van der Waals surface area (Å²) < 4.78 is 33.2. The van der Waals surface area contributed by atoms with E-state index in [4.69, 9.17) is 4.42 Å². The Labute approximate surface area is 148 Å². The van der Waals surface area contributed by atoms with Crippen molar-refractivity contribution in [2.24, 2.45) is 0 Å². The first-order chi connectivity index (χ1) is 11.8. The Kier molecular flexibility index (Phi) is 4.71. The molecule has 25 heavy (non-hydrogen) atoms. The Morgan fingerprint density at radius 1 is 1.00 bits per heavy atom. The van der Waals surface area contributed by atoms with Crippen LogP contribution in [0.4, 0.5) is 0 Å². The summed E-state index contributed by atoms with van der Waals surface area (Å²) in [5, 5.41) is 1.03. The molecular formula is C20H23NO3S. The van der Waals surface area contributed by atoms with E-state index in [0.29, 0.717) is 13.0 Å². The Balaban J connectivity index is 1.65. The van der Waals surface area contributed by atoms with E-state index in [1.54, 1.807) is 12.1 Å². The Morgan fingerprint density at radius 3 is 2.32 bits per heavy atom. The summed E-state index contributed by atoms with van der Waals surface area (Å²) in [6, 6.07) is 16.7. The van der Waals surface area contributed by atoms with Gasteiger partial charge in [0.2, 0.25) is 10.0 Å². The number of rotatable bonds is 5. The van der Waals surface area contributed by atoms with Gasteiger partial charge in [0.1, 0.15) is 11.3 Å². The maximum Gasteiger partial charge on any atom is 0.240 e. The van der Waals surface area contributed by atoms with E-state index < -0.39 is 10.0 Å². The molecule has 0 unspecified atom stereocenters. The molecule has 0 spiro atoms. The van der Waals surface area contributed by atoms with Crippen LogP contribution >= 0.6 is 0 Å². The zero-order valence-electron chi connectivity index (χ0n) is 14.7. The van der Waals surface area contributed by atoms with Gasteiger partial charge < -0.3 is 4.42 Å². The zero-order valence-corrected chi connectivity index (χ0v) is 15.6. The fourth-order valence-electron chi connectivity index (χ4n) is 2.69. The molecule has 3 aromatic rings. The van der Waals surface area contributed by atoms with Crippen LogP contribution < -0.4 is 4.72 Å². The maximum absolute atomic E-state index is 12.4. The third kappa shape index (κ3) is 4.11. The van der Waals surface area contributed by atoms with Gasteiger partial charge in [0.15, 0.2) is 0 Å². The van der Waals surface area contributed by atoms with E-state index in [2.05, 4.69) is 25.5 Å². The average molecular weight is 357 g/mol. The van der Waals surface area contributed by atoms with Crippen LogP contribution in [0.15, 0.2) is 63.9 Å². The Morgan fingerprint density at radius 2 is 1.68 bits per heavy atom. The Bertz CT molecular complexity index is 931. The predicted octanol–water partition coefficient (Wildman–Crippen LogP) is 4.25. The van der Waals surface area contributed by atoms with E-state index in [1.165, 1.54) is 0 Å². The lowest BCUT2D eigenvalue weighted by atomic mass is 9.87. The first kappa shape index (κ1) is 17.7. The van der Waals surface area contributed by atoms with Crippen LogP contribution in [0, 0.1) is 0 Å². The molecule has 1 aromatic heterocycles. The summed E-state index contributed by atoms with van der Waals surface area (Å²) in [5.74, 6) is 0.770. The first-order valence-electron chi connectivity index (χ1n) is 8.33. The van der Waals surface area contributed by atoms with Gasteiger partial charge >= 0.3 is 0 Å². The summed E-state index contributed by atoms with van der Waals surface area (Å²) in [7, 11) is -3.51. The van der Waals surface area contributed by atoms with Crippen LogP contribution in [-0.2, 0) is 21.9 Å². The van der Waals surface area contributed by atoms with Crippen LogP contribution in [0.25, 0.3) is 11.0 Å². The fraction of sp³-hybridized carbons (Fsp3) is 0.300. The van der Waals surface area contributed by atoms with Crippen molar-refractivity contribution in [3.05, 3.63) is 65.9 Å². The molecule has 0 atom stereocenters. The zero-order chi connectivity index (χ0) is 18.1. The van der Waals surface area contributed by atoms with Crippen LogP contribution in [0.3, 0.4) is 0 Å². The van der Waals surface area contributed by atoms with Gasteiger partial charge in [0.25, 0.3) is 0 Å². The third-order valence-corrected chi connectivity index (χ3v) is 5.65. The standard InChI is InChI=1S/C20H23NO3S/c1-20(2,3)16-8-10-18(11-9-16)25(22,23)21-13-12-17-14-15-6-4-5-7-19(15)24-17/h4-11,14,21H,12-13H2,1-3H3. The molecule has 0 aliphatic heterocycles. The number of sulfonamides is 1. The highest BCUT2D eigenvalue weighted by molar-refractivity contribution is 7.89. The largest absolute Gasteiger partial charge is 0.461 e. The molecule has 0 aliphatic rings. The number of benzene rings is 2. The predicted molar refractivity (Wildman–Crippen MR) is 100 cm³/mol. The SMILES string of the molecule is CC(C)(C)c1ccc(S(=O)(=O)NCCc2cc3ccccc3o2)cc1. The van der Waals surface area contributed by atoms with Crippen LogP contribution in [-0.4, -0.2) is 15.0 Å². The molecule has 132 valence electrons. The first-order valence-corrected chi connectivity index (χ1v) is 9.82. The van der Waals surface area contributed by atoms with Gasteiger partial charge in [-0.25, -0.2) is 13.1 Å². The van der Waals surface area contributed by atoms with Gasteiger partial charge in [0, 0.05) is 18.4 Å². The lowest BCUT2D eigenvalue weighted by Crippen LogP contribution is -2.26. The smallest absolute Gasteiger partial charge is 0.240 e.